The first-order chi connectivity index (χ1) is 11.7. The van der Waals surface area contributed by atoms with Crippen molar-refractivity contribution in [2.45, 2.75) is 33.3 Å². The van der Waals surface area contributed by atoms with Gasteiger partial charge in [0.15, 0.2) is 4.96 Å². The smallest absolute Gasteiger partial charge is 0.412 e. The molecule has 3 rings (SSSR count). The van der Waals surface area contributed by atoms with Crippen LogP contribution in [-0.2, 0) is 4.74 Å². The first-order valence-corrected chi connectivity index (χ1v) is 8.69. The molecule has 2 heterocycles. The van der Waals surface area contributed by atoms with E-state index in [0.29, 0.717) is 22.6 Å². The molecule has 25 heavy (non-hydrogen) atoms. The number of rotatable bonds is 3. The molecule has 0 atom stereocenters. The summed E-state index contributed by atoms with van der Waals surface area (Å²) < 4.78 is 7.01. The Morgan fingerprint density at radius 2 is 1.88 bits per heavy atom. The van der Waals surface area contributed by atoms with Crippen LogP contribution in [0.2, 0.25) is 0 Å². The summed E-state index contributed by atoms with van der Waals surface area (Å²) in [5.74, 6) is -0.104. The van der Waals surface area contributed by atoms with Crippen LogP contribution in [0.15, 0.2) is 35.8 Å². The molecule has 7 heteroatoms. The maximum absolute atomic E-state index is 12.8. The third-order valence-corrected chi connectivity index (χ3v) is 4.20. The number of fused-ring (bicyclic) bond motifs is 1. The number of hydrogen-bond donors (Lipinski definition) is 1. The van der Waals surface area contributed by atoms with Gasteiger partial charge in [0, 0.05) is 22.8 Å². The first-order valence-electron chi connectivity index (χ1n) is 7.81. The van der Waals surface area contributed by atoms with E-state index in [2.05, 4.69) is 10.3 Å². The molecule has 0 spiro atoms. The Kier molecular flexibility index (Phi) is 4.34. The SMILES string of the molecule is Cc1nc2sccn2c1C(=O)c1ccc(NC(=O)OC(C)(C)C)cc1. The molecule has 130 valence electrons. The second kappa shape index (κ2) is 6.33. The van der Waals surface area contributed by atoms with E-state index >= 15 is 0 Å². The summed E-state index contributed by atoms with van der Waals surface area (Å²) in [4.78, 5) is 29.8. The van der Waals surface area contributed by atoms with Gasteiger partial charge in [-0.3, -0.25) is 14.5 Å². The van der Waals surface area contributed by atoms with Gasteiger partial charge in [-0.2, -0.15) is 0 Å². The quantitative estimate of drug-likeness (QED) is 0.710. The molecule has 3 aromatic rings. The van der Waals surface area contributed by atoms with E-state index in [4.69, 9.17) is 4.74 Å². The van der Waals surface area contributed by atoms with Gasteiger partial charge in [-0.1, -0.05) is 0 Å². The number of carbonyl (C=O) groups is 2. The zero-order valence-corrected chi connectivity index (χ0v) is 15.3. The van der Waals surface area contributed by atoms with E-state index in [-0.39, 0.29) is 5.78 Å². The number of amides is 1. The molecule has 6 nitrogen and oxygen atoms in total. The normalized spacial score (nSPS) is 11.5. The minimum Gasteiger partial charge on any atom is -0.444 e. The number of benzene rings is 1. The number of ether oxygens (including phenoxy) is 1. The Bertz CT molecular complexity index is 933. The van der Waals surface area contributed by atoms with Crippen LogP contribution in [0.3, 0.4) is 0 Å². The van der Waals surface area contributed by atoms with Gasteiger partial charge in [-0.15, -0.1) is 11.3 Å². The maximum Gasteiger partial charge on any atom is 0.412 e. The van der Waals surface area contributed by atoms with Gasteiger partial charge in [0.05, 0.1) is 5.69 Å². The van der Waals surface area contributed by atoms with E-state index in [0.717, 1.165) is 4.96 Å². The number of nitrogens with zero attached hydrogens (tertiary/aromatic N) is 2. The number of ketones is 1. The molecule has 2 aromatic heterocycles. The van der Waals surface area contributed by atoms with Gasteiger partial charge < -0.3 is 4.74 Å². The monoisotopic (exact) mass is 357 g/mol. The van der Waals surface area contributed by atoms with Crippen molar-refractivity contribution in [1.82, 2.24) is 9.38 Å². The van der Waals surface area contributed by atoms with Gasteiger partial charge in [0.2, 0.25) is 5.78 Å². The lowest BCUT2D eigenvalue weighted by Crippen LogP contribution is -2.27. The fourth-order valence-corrected chi connectivity index (χ4v) is 3.19. The molecule has 0 saturated carbocycles. The van der Waals surface area contributed by atoms with Crippen molar-refractivity contribution in [3.8, 4) is 0 Å². The van der Waals surface area contributed by atoms with Crippen LogP contribution in [0.25, 0.3) is 4.96 Å². The van der Waals surface area contributed by atoms with Crippen LogP contribution in [0.1, 0.15) is 42.5 Å². The van der Waals surface area contributed by atoms with Crippen molar-refractivity contribution in [2.75, 3.05) is 5.32 Å². The third-order valence-electron chi connectivity index (χ3n) is 3.44. The van der Waals surface area contributed by atoms with Gasteiger partial charge >= 0.3 is 6.09 Å². The Morgan fingerprint density at radius 1 is 1.20 bits per heavy atom. The lowest BCUT2D eigenvalue weighted by molar-refractivity contribution is 0.0636. The molecule has 0 radical (unpaired) electrons. The highest BCUT2D eigenvalue weighted by Gasteiger charge is 2.19. The molecule has 1 amide bonds. The zero-order chi connectivity index (χ0) is 18.2. The number of aryl methyl sites for hydroxylation is 1. The number of aromatic nitrogens is 2. The number of imidazole rings is 1. The van der Waals surface area contributed by atoms with Crippen LogP contribution in [0, 0.1) is 6.92 Å². The second-order valence-electron chi connectivity index (χ2n) is 6.63. The Balaban J connectivity index is 1.78. The van der Waals surface area contributed by atoms with Crippen molar-refractivity contribution < 1.29 is 14.3 Å². The maximum atomic E-state index is 12.8. The minimum atomic E-state index is -0.564. The topological polar surface area (TPSA) is 72.7 Å². The molecule has 0 fully saturated rings. The summed E-state index contributed by atoms with van der Waals surface area (Å²) in [6.07, 6.45) is 1.31. The average molecular weight is 357 g/mol. The van der Waals surface area contributed by atoms with Gasteiger partial charge in [0.1, 0.15) is 11.3 Å². The van der Waals surface area contributed by atoms with Crippen molar-refractivity contribution in [3.05, 3.63) is 52.8 Å². The van der Waals surface area contributed by atoms with E-state index in [9.17, 15) is 9.59 Å². The Morgan fingerprint density at radius 3 is 2.52 bits per heavy atom. The predicted molar refractivity (Wildman–Crippen MR) is 97.5 cm³/mol. The summed E-state index contributed by atoms with van der Waals surface area (Å²) >= 11 is 1.49. The molecule has 0 aliphatic heterocycles. The standard InChI is InChI=1S/C18H19N3O3S/c1-11-14(21-9-10-25-16(21)19-11)15(22)12-5-7-13(8-6-12)20-17(23)24-18(2,3)4/h5-10H,1-4H3,(H,20,23). The lowest BCUT2D eigenvalue weighted by Gasteiger charge is -2.19. The summed E-state index contributed by atoms with van der Waals surface area (Å²) in [5.41, 5.74) is 1.80. The number of anilines is 1. The van der Waals surface area contributed by atoms with Crippen LogP contribution in [0.5, 0.6) is 0 Å². The molecular formula is C18H19N3O3S. The first kappa shape index (κ1) is 17.2. The number of nitrogens with one attached hydrogen (secondary N) is 1. The highest BCUT2D eigenvalue weighted by molar-refractivity contribution is 7.15. The van der Waals surface area contributed by atoms with E-state index in [1.807, 2.05) is 18.5 Å². The molecule has 0 unspecified atom stereocenters. The minimum absolute atomic E-state index is 0.104. The van der Waals surface area contributed by atoms with E-state index < -0.39 is 11.7 Å². The fraction of sp³-hybridized carbons (Fsp3) is 0.278. The van der Waals surface area contributed by atoms with Crippen LogP contribution in [0.4, 0.5) is 10.5 Å². The van der Waals surface area contributed by atoms with E-state index in [1.165, 1.54) is 11.3 Å². The Hall–Kier alpha value is -2.67. The van der Waals surface area contributed by atoms with Crippen molar-refractivity contribution in [3.63, 3.8) is 0 Å². The Labute approximate surface area is 149 Å². The van der Waals surface area contributed by atoms with Crippen molar-refractivity contribution in [2.24, 2.45) is 0 Å². The largest absolute Gasteiger partial charge is 0.444 e. The molecular weight excluding hydrogens is 338 g/mol. The highest BCUT2D eigenvalue weighted by Crippen LogP contribution is 2.21. The van der Waals surface area contributed by atoms with Gasteiger partial charge in [-0.25, -0.2) is 9.78 Å². The lowest BCUT2D eigenvalue weighted by atomic mass is 10.1. The third kappa shape index (κ3) is 3.71. The van der Waals surface area contributed by atoms with Gasteiger partial charge in [0.25, 0.3) is 0 Å². The fourth-order valence-electron chi connectivity index (χ4n) is 2.43. The van der Waals surface area contributed by atoms with Crippen molar-refractivity contribution in [1.29, 1.82) is 0 Å². The van der Waals surface area contributed by atoms with E-state index in [1.54, 1.807) is 49.4 Å². The zero-order valence-electron chi connectivity index (χ0n) is 14.5. The molecule has 1 N–H and O–H groups in total. The molecule has 1 aromatic carbocycles. The molecule has 0 bridgehead atoms. The molecule has 0 saturated heterocycles. The van der Waals surface area contributed by atoms with Crippen LogP contribution >= 0.6 is 11.3 Å². The summed E-state index contributed by atoms with van der Waals surface area (Å²) in [6.45, 7) is 7.22. The predicted octanol–water partition coefficient (Wildman–Crippen LogP) is 4.28. The van der Waals surface area contributed by atoms with Gasteiger partial charge in [-0.05, 0) is 52.0 Å². The number of carbonyl (C=O) groups excluding carboxylic acids is 2. The summed E-state index contributed by atoms with van der Waals surface area (Å²) in [6, 6.07) is 6.72. The summed E-state index contributed by atoms with van der Waals surface area (Å²) in [5, 5.41) is 4.54. The van der Waals surface area contributed by atoms with Crippen molar-refractivity contribution >= 4 is 33.9 Å². The highest BCUT2D eigenvalue weighted by atomic mass is 32.1. The second-order valence-corrected chi connectivity index (χ2v) is 7.51. The number of hydrogen-bond acceptors (Lipinski definition) is 5. The molecule has 0 aliphatic carbocycles. The summed E-state index contributed by atoms with van der Waals surface area (Å²) in [7, 11) is 0. The number of thiazole rings is 1. The molecule has 0 aliphatic rings. The van der Waals surface area contributed by atoms with Crippen LogP contribution in [-0.4, -0.2) is 26.9 Å². The van der Waals surface area contributed by atoms with Crippen LogP contribution < -0.4 is 5.32 Å². The average Bonchev–Trinajstić information content (AvgIpc) is 3.05.